The quantitative estimate of drug-likeness (QED) is 0.314. The van der Waals surface area contributed by atoms with Gasteiger partial charge in [0.25, 0.3) is 6.47 Å². The molecule has 0 aromatic carbocycles. The van der Waals surface area contributed by atoms with Gasteiger partial charge in [-0.3, -0.25) is 4.79 Å². The van der Waals surface area contributed by atoms with Crippen molar-refractivity contribution < 1.29 is 29.6 Å². The van der Waals surface area contributed by atoms with Crippen molar-refractivity contribution in [3.8, 4) is 0 Å². The van der Waals surface area contributed by atoms with Crippen molar-refractivity contribution in [3.63, 3.8) is 0 Å². The van der Waals surface area contributed by atoms with Gasteiger partial charge in [0.2, 0.25) is 12.4 Å². The van der Waals surface area contributed by atoms with Crippen LogP contribution in [0.15, 0.2) is 0 Å². The lowest BCUT2D eigenvalue weighted by molar-refractivity contribution is -0.185. The lowest BCUT2D eigenvalue weighted by atomic mass is 10.3. The van der Waals surface area contributed by atoms with Gasteiger partial charge in [-0.25, -0.2) is 4.79 Å². The number of ether oxygens (including phenoxy) is 1. The standard InChI is InChI=1S/C4H6O6/c5-1-10-4(9)2(6)3(7)8/h1-2,4,6,9H,(H,7,8). The van der Waals surface area contributed by atoms with Crippen LogP contribution in [0.2, 0.25) is 0 Å². The lowest BCUT2D eigenvalue weighted by Crippen LogP contribution is -2.35. The summed E-state index contributed by atoms with van der Waals surface area (Å²) in [5.41, 5.74) is 0. The van der Waals surface area contributed by atoms with E-state index in [1.807, 2.05) is 0 Å². The normalized spacial score (nSPS) is 15.4. The van der Waals surface area contributed by atoms with E-state index in [2.05, 4.69) is 4.74 Å². The molecule has 0 aliphatic rings. The molecule has 0 saturated carbocycles. The molecular formula is C4H6O6. The van der Waals surface area contributed by atoms with Crippen molar-refractivity contribution >= 4 is 12.4 Å². The van der Waals surface area contributed by atoms with Crippen LogP contribution in [0, 0.1) is 0 Å². The molecule has 0 aromatic heterocycles. The predicted molar refractivity (Wildman–Crippen MR) is 26.8 cm³/mol. The first-order valence-electron chi connectivity index (χ1n) is 2.27. The zero-order valence-electron chi connectivity index (χ0n) is 4.80. The molecule has 3 N–H and O–H groups in total. The summed E-state index contributed by atoms with van der Waals surface area (Å²) in [7, 11) is 0. The number of aliphatic hydroxyl groups excluding tert-OH is 2. The zero-order valence-corrected chi connectivity index (χ0v) is 4.80. The van der Waals surface area contributed by atoms with E-state index in [1.54, 1.807) is 0 Å². The minimum absolute atomic E-state index is 0.156. The molecule has 0 saturated heterocycles. The van der Waals surface area contributed by atoms with Gasteiger partial charge >= 0.3 is 5.97 Å². The smallest absolute Gasteiger partial charge is 0.339 e. The maximum atomic E-state index is 9.81. The predicted octanol–water partition coefficient (Wildman–Crippen LogP) is -2.08. The van der Waals surface area contributed by atoms with E-state index in [1.165, 1.54) is 0 Å². The highest BCUT2D eigenvalue weighted by Crippen LogP contribution is 1.92. The molecule has 0 heterocycles. The van der Waals surface area contributed by atoms with Gasteiger partial charge in [0.1, 0.15) is 0 Å². The van der Waals surface area contributed by atoms with Crippen molar-refractivity contribution in [2.24, 2.45) is 0 Å². The van der Waals surface area contributed by atoms with Crippen molar-refractivity contribution in [2.45, 2.75) is 12.4 Å². The van der Waals surface area contributed by atoms with Crippen LogP contribution in [-0.2, 0) is 14.3 Å². The third-order valence-electron chi connectivity index (χ3n) is 0.718. The summed E-state index contributed by atoms with van der Waals surface area (Å²) in [6.45, 7) is -0.156. The Hall–Kier alpha value is -1.14. The Balaban J connectivity index is 3.80. The first-order valence-corrected chi connectivity index (χ1v) is 2.27. The Morgan fingerprint density at radius 3 is 2.30 bits per heavy atom. The SMILES string of the molecule is O=COC(O)C(O)C(=O)O. The monoisotopic (exact) mass is 150 g/mol. The van der Waals surface area contributed by atoms with Crippen LogP contribution in [0.25, 0.3) is 0 Å². The highest BCUT2D eigenvalue weighted by molar-refractivity contribution is 5.72. The summed E-state index contributed by atoms with van der Waals surface area (Å²) in [5.74, 6) is -1.66. The van der Waals surface area contributed by atoms with E-state index in [-0.39, 0.29) is 6.47 Å². The van der Waals surface area contributed by atoms with Crippen LogP contribution < -0.4 is 0 Å². The number of rotatable bonds is 4. The van der Waals surface area contributed by atoms with Crippen LogP contribution in [0.1, 0.15) is 0 Å². The summed E-state index contributed by atoms with van der Waals surface area (Å²) < 4.78 is 3.71. The summed E-state index contributed by atoms with van der Waals surface area (Å²) in [6.07, 6.45) is -4.10. The largest absolute Gasteiger partial charge is 0.479 e. The average molecular weight is 150 g/mol. The fourth-order valence-electron chi connectivity index (χ4n) is 0.253. The van der Waals surface area contributed by atoms with Crippen LogP contribution in [0.5, 0.6) is 0 Å². The molecule has 0 aliphatic carbocycles. The van der Waals surface area contributed by atoms with Gasteiger partial charge in [0.15, 0.2) is 0 Å². The number of hydrogen-bond donors (Lipinski definition) is 3. The molecule has 0 spiro atoms. The minimum atomic E-state index is -2.09. The van der Waals surface area contributed by atoms with Gasteiger partial charge in [-0.1, -0.05) is 0 Å². The van der Waals surface area contributed by atoms with Crippen molar-refractivity contribution in [1.82, 2.24) is 0 Å². The zero-order chi connectivity index (χ0) is 8.15. The molecule has 6 heteroatoms. The molecule has 58 valence electrons. The third kappa shape index (κ3) is 2.42. The van der Waals surface area contributed by atoms with E-state index in [9.17, 15) is 9.59 Å². The molecule has 2 unspecified atom stereocenters. The van der Waals surface area contributed by atoms with Crippen LogP contribution in [0.4, 0.5) is 0 Å². The first-order chi connectivity index (χ1) is 4.59. The molecule has 6 nitrogen and oxygen atoms in total. The second-order valence-electron chi connectivity index (χ2n) is 1.41. The highest BCUT2D eigenvalue weighted by Gasteiger charge is 2.24. The summed E-state index contributed by atoms with van der Waals surface area (Å²) >= 11 is 0. The van der Waals surface area contributed by atoms with E-state index >= 15 is 0 Å². The van der Waals surface area contributed by atoms with E-state index in [0.29, 0.717) is 0 Å². The third-order valence-corrected chi connectivity index (χ3v) is 0.718. The van der Waals surface area contributed by atoms with E-state index in [0.717, 1.165) is 0 Å². The second-order valence-corrected chi connectivity index (χ2v) is 1.41. The molecular weight excluding hydrogens is 144 g/mol. The average Bonchev–Trinajstić information content (AvgIpc) is 1.87. The Labute approximate surface area is 55.7 Å². The lowest BCUT2D eigenvalue weighted by Gasteiger charge is -2.10. The Kier molecular flexibility index (Phi) is 3.37. The number of aliphatic hydroxyl groups is 2. The minimum Gasteiger partial charge on any atom is -0.479 e. The molecule has 2 atom stereocenters. The number of carboxylic acid groups (broad SMARTS) is 1. The number of carboxylic acids is 1. The topological polar surface area (TPSA) is 104 Å². The number of carbonyl (C=O) groups excluding carboxylic acids is 1. The van der Waals surface area contributed by atoms with Crippen molar-refractivity contribution in [2.75, 3.05) is 0 Å². The van der Waals surface area contributed by atoms with Gasteiger partial charge < -0.3 is 20.1 Å². The van der Waals surface area contributed by atoms with E-state index < -0.39 is 18.4 Å². The van der Waals surface area contributed by atoms with Crippen LogP contribution in [-0.4, -0.2) is 40.2 Å². The van der Waals surface area contributed by atoms with Crippen molar-refractivity contribution in [1.29, 1.82) is 0 Å². The molecule has 0 amide bonds. The van der Waals surface area contributed by atoms with Crippen molar-refractivity contribution in [3.05, 3.63) is 0 Å². The summed E-state index contributed by atoms with van der Waals surface area (Å²) in [6, 6.07) is 0. The fraction of sp³-hybridized carbons (Fsp3) is 0.500. The summed E-state index contributed by atoms with van der Waals surface area (Å²) in [4.78, 5) is 19.3. The number of hydrogen-bond acceptors (Lipinski definition) is 5. The van der Waals surface area contributed by atoms with Gasteiger partial charge in [-0.05, 0) is 0 Å². The highest BCUT2D eigenvalue weighted by atomic mass is 16.6. The first kappa shape index (κ1) is 8.86. The van der Waals surface area contributed by atoms with Gasteiger partial charge in [0.05, 0.1) is 0 Å². The molecule has 0 radical (unpaired) electrons. The molecule has 0 bridgehead atoms. The van der Waals surface area contributed by atoms with Gasteiger partial charge in [-0.15, -0.1) is 0 Å². The number of carbonyl (C=O) groups is 2. The fourth-order valence-corrected chi connectivity index (χ4v) is 0.253. The van der Waals surface area contributed by atoms with E-state index in [4.69, 9.17) is 15.3 Å². The second kappa shape index (κ2) is 3.80. The maximum absolute atomic E-state index is 9.81. The summed E-state index contributed by atoms with van der Waals surface area (Å²) in [5, 5.41) is 24.8. The number of aliphatic carboxylic acids is 1. The Morgan fingerprint density at radius 1 is 1.50 bits per heavy atom. The van der Waals surface area contributed by atoms with Gasteiger partial charge in [0, 0.05) is 0 Å². The maximum Gasteiger partial charge on any atom is 0.339 e. The molecule has 0 aromatic rings. The molecule has 10 heavy (non-hydrogen) atoms. The van der Waals surface area contributed by atoms with Crippen LogP contribution >= 0.6 is 0 Å². The molecule has 0 rings (SSSR count). The van der Waals surface area contributed by atoms with Gasteiger partial charge in [-0.2, -0.15) is 0 Å². The van der Waals surface area contributed by atoms with Crippen LogP contribution in [0.3, 0.4) is 0 Å². The Morgan fingerprint density at radius 2 is 2.00 bits per heavy atom. The molecule has 0 aliphatic heterocycles. The molecule has 0 fully saturated rings. The Bertz CT molecular complexity index is 132.